The third-order valence-electron chi connectivity index (χ3n) is 2.98. The highest BCUT2D eigenvalue weighted by molar-refractivity contribution is 7.88. The van der Waals surface area contributed by atoms with E-state index in [1.165, 1.54) is 6.92 Å². The van der Waals surface area contributed by atoms with E-state index in [-0.39, 0.29) is 17.0 Å². The maximum Gasteiger partial charge on any atom is 0.534 e. The summed E-state index contributed by atoms with van der Waals surface area (Å²) >= 11 is 0. The molecular weight excluding hydrogens is 450 g/mol. The van der Waals surface area contributed by atoms with Gasteiger partial charge in [0.05, 0.1) is 0 Å². The Bertz CT molecular complexity index is 1190. The second-order valence-corrected chi connectivity index (χ2v) is 8.09. The van der Waals surface area contributed by atoms with Crippen LogP contribution in [0.25, 0.3) is 11.0 Å². The lowest BCUT2D eigenvalue weighted by molar-refractivity contribution is -0.0513. The predicted molar refractivity (Wildman–Crippen MR) is 78.4 cm³/mol. The smallest absolute Gasteiger partial charge is 0.423 e. The number of alkyl halides is 6. The zero-order valence-corrected chi connectivity index (χ0v) is 14.7. The first-order valence-electron chi connectivity index (χ1n) is 6.54. The summed E-state index contributed by atoms with van der Waals surface area (Å²) in [6.07, 6.45) is 0. The van der Waals surface area contributed by atoms with Crippen molar-refractivity contribution in [3.63, 3.8) is 0 Å². The molecule has 0 amide bonds. The lowest BCUT2D eigenvalue weighted by atomic mass is 10.1. The van der Waals surface area contributed by atoms with Crippen LogP contribution in [0.15, 0.2) is 27.4 Å². The number of hydrogen-bond donors (Lipinski definition) is 0. The third-order valence-corrected chi connectivity index (χ3v) is 4.91. The van der Waals surface area contributed by atoms with Crippen LogP contribution in [-0.2, 0) is 20.2 Å². The first-order chi connectivity index (χ1) is 12.4. The molecule has 0 bridgehead atoms. The Morgan fingerprint density at radius 2 is 1.25 bits per heavy atom. The van der Waals surface area contributed by atoms with Crippen molar-refractivity contribution in [3.8, 4) is 11.5 Å². The molecule has 0 aliphatic carbocycles. The Hall–Kier alpha value is -2.49. The molecule has 28 heavy (non-hydrogen) atoms. The Morgan fingerprint density at radius 1 is 0.821 bits per heavy atom. The van der Waals surface area contributed by atoms with Gasteiger partial charge in [-0.1, -0.05) is 0 Å². The zero-order valence-electron chi connectivity index (χ0n) is 13.1. The van der Waals surface area contributed by atoms with E-state index in [9.17, 15) is 48.0 Å². The van der Waals surface area contributed by atoms with Gasteiger partial charge in [0.15, 0.2) is 11.5 Å². The molecule has 0 spiro atoms. The zero-order chi connectivity index (χ0) is 21.7. The average Bonchev–Trinajstić information content (AvgIpc) is 2.45. The van der Waals surface area contributed by atoms with Crippen molar-refractivity contribution in [2.24, 2.45) is 0 Å². The summed E-state index contributed by atoms with van der Waals surface area (Å²) in [5, 5.41) is -0.260. The Balaban J connectivity index is 2.77. The van der Waals surface area contributed by atoms with Gasteiger partial charge >= 0.3 is 36.9 Å². The van der Waals surface area contributed by atoms with Crippen LogP contribution >= 0.6 is 0 Å². The van der Waals surface area contributed by atoms with E-state index in [4.69, 9.17) is 0 Å². The highest BCUT2D eigenvalue weighted by Crippen LogP contribution is 2.39. The van der Waals surface area contributed by atoms with Crippen molar-refractivity contribution in [3.05, 3.63) is 34.2 Å². The number of rotatable bonds is 4. The van der Waals surface area contributed by atoms with E-state index in [1.807, 2.05) is 0 Å². The van der Waals surface area contributed by atoms with Crippen LogP contribution in [0.4, 0.5) is 26.3 Å². The maximum atomic E-state index is 12.5. The molecule has 0 N–H and O–H groups in total. The van der Waals surface area contributed by atoms with Gasteiger partial charge < -0.3 is 12.8 Å². The van der Waals surface area contributed by atoms with Crippen LogP contribution in [0.3, 0.4) is 0 Å². The van der Waals surface area contributed by atoms with E-state index in [0.717, 1.165) is 6.07 Å². The van der Waals surface area contributed by atoms with Crippen molar-refractivity contribution in [2.75, 3.05) is 0 Å². The molecule has 1 aromatic carbocycles. The van der Waals surface area contributed by atoms with Gasteiger partial charge in [-0.25, -0.2) is 4.79 Å². The van der Waals surface area contributed by atoms with Gasteiger partial charge in [0, 0.05) is 17.5 Å². The Labute approximate surface area is 151 Å². The van der Waals surface area contributed by atoms with Gasteiger partial charge in [0.1, 0.15) is 5.58 Å². The fraction of sp³-hybridized carbons (Fsp3) is 0.250. The van der Waals surface area contributed by atoms with Gasteiger partial charge in [-0.3, -0.25) is 0 Å². The first kappa shape index (κ1) is 21.8. The van der Waals surface area contributed by atoms with Crippen molar-refractivity contribution in [1.29, 1.82) is 0 Å². The van der Waals surface area contributed by atoms with E-state index < -0.39 is 54.0 Å². The molecule has 0 radical (unpaired) electrons. The highest BCUT2D eigenvalue weighted by Gasteiger charge is 2.51. The SMILES string of the molecule is Cc1cc(=O)oc2cc(OS(=O)(=O)C(F)(F)F)c(OS(=O)(=O)C(F)(F)F)cc12. The molecule has 2 aromatic rings. The summed E-state index contributed by atoms with van der Waals surface area (Å²) in [4.78, 5) is 11.3. The molecule has 0 unspecified atom stereocenters. The Kier molecular flexibility index (Phi) is 5.09. The standard InChI is InChI=1S/C12H6F6O8S2/c1-5-2-10(19)24-7-4-9(26-28(22,23)12(16,17)18)8(3-6(5)7)25-27(20,21)11(13,14)15/h2-4H,1H3. The van der Waals surface area contributed by atoms with Gasteiger partial charge in [-0.15, -0.1) is 0 Å². The molecule has 0 aliphatic rings. The molecular formula is C12H6F6O8S2. The molecule has 0 saturated carbocycles. The largest absolute Gasteiger partial charge is 0.534 e. The normalized spacial score (nSPS) is 13.5. The molecule has 8 nitrogen and oxygen atoms in total. The highest BCUT2D eigenvalue weighted by atomic mass is 32.2. The fourth-order valence-corrected chi connectivity index (χ4v) is 2.71. The topological polar surface area (TPSA) is 117 Å². The molecule has 0 aliphatic heterocycles. The number of hydrogen-bond acceptors (Lipinski definition) is 8. The third kappa shape index (κ3) is 4.16. The molecule has 0 fully saturated rings. The van der Waals surface area contributed by atoms with Crippen molar-refractivity contribution in [2.45, 2.75) is 17.9 Å². The van der Waals surface area contributed by atoms with Crippen LogP contribution in [0.5, 0.6) is 11.5 Å². The molecule has 0 atom stereocenters. The fourth-order valence-electron chi connectivity index (χ4n) is 1.79. The number of halogens is 6. The van der Waals surface area contributed by atoms with E-state index in [0.29, 0.717) is 6.07 Å². The molecule has 1 aromatic heterocycles. The van der Waals surface area contributed by atoms with Gasteiger partial charge in [-0.05, 0) is 18.6 Å². The maximum absolute atomic E-state index is 12.5. The van der Waals surface area contributed by atoms with Crippen LogP contribution in [0.1, 0.15) is 5.56 Å². The Morgan fingerprint density at radius 3 is 1.68 bits per heavy atom. The number of fused-ring (bicyclic) bond motifs is 1. The molecule has 2 rings (SSSR count). The minimum absolute atomic E-state index is 0.00531. The second kappa shape index (κ2) is 6.54. The summed E-state index contributed by atoms with van der Waals surface area (Å²) in [6.45, 7) is 1.23. The van der Waals surface area contributed by atoms with Crippen LogP contribution in [0.2, 0.25) is 0 Å². The van der Waals surface area contributed by atoms with Crippen LogP contribution < -0.4 is 14.0 Å². The van der Waals surface area contributed by atoms with Gasteiger partial charge in [0.2, 0.25) is 0 Å². The molecule has 156 valence electrons. The van der Waals surface area contributed by atoms with Gasteiger partial charge in [0.25, 0.3) is 0 Å². The van der Waals surface area contributed by atoms with Crippen molar-refractivity contribution >= 4 is 31.2 Å². The summed E-state index contributed by atoms with van der Waals surface area (Å²) in [5.74, 6) is -3.14. The molecule has 0 saturated heterocycles. The number of benzene rings is 1. The van der Waals surface area contributed by atoms with E-state index in [2.05, 4.69) is 12.8 Å². The average molecular weight is 456 g/mol. The minimum Gasteiger partial charge on any atom is -0.423 e. The number of aryl methyl sites for hydroxylation is 1. The molecule has 1 heterocycles. The summed E-state index contributed by atoms with van der Waals surface area (Å²) in [6, 6.07) is 1.52. The summed E-state index contributed by atoms with van der Waals surface area (Å²) in [7, 11) is -12.8. The minimum atomic E-state index is -6.43. The lowest BCUT2D eigenvalue weighted by Gasteiger charge is -2.15. The monoisotopic (exact) mass is 456 g/mol. The quantitative estimate of drug-likeness (QED) is 0.298. The molecule has 16 heteroatoms. The van der Waals surface area contributed by atoms with E-state index in [1.54, 1.807) is 0 Å². The summed E-state index contributed by atoms with van der Waals surface area (Å²) in [5.41, 5.74) is -13.6. The van der Waals surface area contributed by atoms with E-state index >= 15 is 0 Å². The van der Waals surface area contributed by atoms with Gasteiger partial charge in [-0.2, -0.15) is 43.2 Å². The van der Waals surface area contributed by atoms with Crippen LogP contribution in [0, 0.1) is 6.92 Å². The predicted octanol–water partition coefficient (Wildman–Crippen LogP) is 2.56. The van der Waals surface area contributed by atoms with Crippen molar-refractivity contribution in [1.82, 2.24) is 0 Å². The first-order valence-corrected chi connectivity index (χ1v) is 9.36. The van der Waals surface area contributed by atoms with Crippen LogP contribution in [-0.4, -0.2) is 27.9 Å². The second-order valence-electron chi connectivity index (χ2n) is 5.01. The van der Waals surface area contributed by atoms with Crippen molar-refractivity contribution < 1.29 is 56.0 Å². The lowest BCUT2D eigenvalue weighted by Crippen LogP contribution is -2.30. The summed E-state index contributed by atoms with van der Waals surface area (Å²) < 4.78 is 132.